The minimum Gasteiger partial charge on any atom is -0.264 e. The Kier molecular flexibility index (Phi) is 5.00. The highest BCUT2D eigenvalue weighted by atomic mass is 32.2. The van der Waals surface area contributed by atoms with Crippen LogP contribution < -0.4 is 0 Å². The summed E-state index contributed by atoms with van der Waals surface area (Å²) in [7, 11) is -3.22. The van der Waals surface area contributed by atoms with Gasteiger partial charge in [-0.2, -0.15) is 5.10 Å². The van der Waals surface area contributed by atoms with Gasteiger partial charge in [-0.1, -0.05) is 57.2 Å². The zero-order chi connectivity index (χ0) is 19.8. The Balaban J connectivity index is 1.96. The molecule has 2 aromatic carbocycles. The second-order valence-corrected chi connectivity index (χ2v) is 10.3. The van der Waals surface area contributed by atoms with E-state index in [9.17, 15) is 8.42 Å². The maximum atomic E-state index is 11.8. The van der Waals surface area contributed by atoms with Crippen LogP contribution in [-0.2, 0) is 16.4 Å². The van der Waals surface area contributed by atoms with E-state index in [2.05, 4.69) is 48.8 Å². The zero-order valence-electron chi connectivity index (χ0n) is 16.5. The molecule has 0 bridgehead atoms. The maximum Gasteiger partial charge on any atom is 0.175 e. The molecule has 0 fully saturated rings. The second-order valence-electron chi connectivity index (χ2n) is 8.27. The van der Waals surface area contributed by atoms with E-state index < -0.39 is 9.84 Å². The molecule has 0 amide bonds. The SMILES string of the molecule is Cc1cc(-c2ccc(-c3cccc(S(C)(=O)=O)c3)cc2)n(CC(C)(C)C)n1. The van der Waals surface area contributed by atoms with Gasteiger partial charge in [0, 0.05) is 12.8 Å². The molecule has 27 heavy (non-hydrogen) atoms. The first-order valence-corrected chi connectivity index (χ1v) is 10.9. The smallest absolute Gasteiger partial charge is 0.175 e. The van der Waals surface area contributed by atoms with Crippen molar-refractivity contribution in [2.75, 3.05) is 6.26 Å². The van der Waals surface area contributed by atoms with Crippen molar-refractivity contribution in [2.24, 2.45) is 5.41 Å². The monoisotopic (exact) mass is 382 g/mol. The Bertz CT molecular complexity index is 1060. The molecular weight excluding hydrogens is 356 g/mol. The summed E-state index contributed by atoms with van der Waals surface area (Å²) >= 11 is 0. The Morgan fingerprint density at radius 3 is 2.15 bits per heavy atom. The third-order valence-electron chi connectivity index (χ3n) is 4.30. The summed E-state index contributed by atoms with van der Waals surface area (Å²) < 4.78 is 25.7. The molecule has 0 atom stereocenters. The fourth-order valence-electron chi connectivity index (χ4n) is 3.09. The van der Waals surface area contributed by atoms with E-state index in [1.54, 1.807) is 18.2 Å². The first kappa shape index (κ1) is 19.4. The number of aromatic nitrogens is 2. The molecule has 1 aromatic heterocycles. The highest BCUT2D eigenvalue weighted by Gasteiger charge is 2.16. The highest BCUT2D eigenvalue weighted by Crippen LogP contribution is 2.28. The Morgan fingerprint density at radius 1 is 0.926 bits per heavy atom. The van der Waals surface area contributed by atoms with Gasteiger partial charge in [0.1, 0.15) is 0 Å². The van der Waals surface area contributed by atoms with Gasteiger partial charge in [0.05, 0.1) is 16.3 Å². The molecule has 5 heteroatoms. The summed E-state index contributed by atoms with van der Waals surface area (Å²) in [4.78, 5) is 0.336. The minimum absolute atomic E-state index is 0.138. The molecule has 0 aliphatic carbocycles. The summed E-state index contributed by atoms with van der Waals surface area (Å²) in [6, 6.07) is 17.3. The molecule has 142 valence electrons. The van der Waals surface area contributed by atoms with E-state index in [0.717, 1.165) is 34.6 Å². The fourth-order valence-corrected chi connectivity index (χ4v) is 3.75. The molecule has 1 heterocycles. The Hall–Kier alpha value is -2.40. The van der Waals surface area contributed by atoms with Crippen molar-refractivity contribution in [1.29, 1.82) is 0 Å². The van der Waals surface area contributed by atoms with Crippen molar-refractivity contribution in [3.63, 3.8) is 0 Å². The molecule has 0 spiro atoms. The number of nitrogens with zero attached hydrogens (tertiary/aromatic N) is 2. The number of hydrogen-bond acceptors (Lipinski definition) is 3. The van der Waals surface area contributed by atoms with Gasteiger partial charge in [-0.25, -0.2) is 8.42 Å². The van der Waals surface area contributed by atoms with Crippen molar-refractivity contribution in [3.05, 3.63) is 60.3 Å². The van der Waals surface area contributed by atoms with Crippen LogP contribution in [0.15, 0.2) is 59.5 Å². The van der Waals surface area contributed by atoms with E-state index in [1.165, 1.54) is 6.26 Å². The molecule has 0 radical (unpaired) electrons. The zero-order valence-corrected chi connectivity index (χ0v) is 17.3. The van der Waals surface area contributed by atoms with Gasteiger partial charge in [0.25, 0.3) is 0 Å². The molecule has 0 aliphatic rings. The van der Waals surface area contributed by atoms with Crippen LogP contribution in [0.3, 0.4) is 0 Å². The molecule has 0 saturated carbocycles. The topological polar surface area (TPSA) is 52.0 Å². The van der Waals surface area contributed by atoms with E-state index in [-0.39, 0.29) is 5.41 Å². The lowest BCUT2D eigenvalue weighted by molar-refractivity contribution is 0.327. The molecule has 0 aliphatic heterocycles. The van der Waals surface area contributed by atoms with Crippen molar-refractivity contribution >= 4 is 9.84 Å². The first-order valence-electron chi connectivity index (χ1n) is 8.98. The fraction of sp³-hybridized carbons (Fsp3) is 0.318. The van der Waals surface area contributed by atoms with E-state index in [0.29, 0.717) is 4.90 Å². The first-order chi connectivity index (χ1) is 12.5. The molecule has 0 saturated heterocycles. The number of sulfone groups is 1. The molecule has 0 N–H and O–H groups in total. The van der Waals surface area contributed by atoms with Crippen LogP contribution in [0, 0.1) is 12.3 Å². The average Bonchev–Trinajstić information content (AvgIpc) is 2.93. The second kappa shape index (κ2) is 6.97. The van der Waals surface area contributed by atoms with E-state index in [1.807, 2.05) is 25.1 Å². The minimum atomic E-state index is -3.22. The number of benzene rings is 2. The van der Waals surface area contributed by atoms with Crippen LogP contribution in [0.4, 0.5) is 0 Å². The van der Waals surface area contributed by atoms with Crippen LogP contribution in [-0.4, -0.2) is 24.5 Å². The van der Waals surface area contributed by atoms with Gasteiger partial charge >= 0.3 is 0 Å². The highest BCUT2D eigenvalue weighted by molar-refractivity contribution is 7.90. The largest absolute Gasteiger partial charge is 0.264 e. The predicted octanol–water partition coefficient (Wildman–Crippen LogP) is 4.98. The summed E-state index contributed by atoms with van der Waals surface area (Å²) in [5, 5.41) is 4.64. The lowest BCUT2D eigenvalue weighted by Gasteiger charge is -2.20. The molecule has 3 rings (SSSR count). The lowest BCUT2D eigenvalue weighted by Crippen LogP contribution is -2.17. The van der Waals surface area contributed by atoms with Gasteiger partial charge in [0.15, 0.2) is 9.84 Å². The van der Waals surface area contributed by atoms with Crippen molar-refractivity contribution in [3.8, 4) is 22.4 Å². The maximum absolute atomic E-state index is 11.8. The van der Waals surface area contributed by atoms with Gasteiger partial charge < -0.3 is 0 Å². The number of aryl methyl sites for hydroxylation is 1. The van der Waals surface area contributed by atoms with Crippen LogP contribution in [0.5, 0.6) is 0 Å². The average molecular weight is 383 g/mol. The molecule has 3 aromatic rings. The Morgan fingerprint density at radius 2 is 1.56 bits per heavy atom. The van der Waals surface area contributed by atoms with E-state index in [4.69, 9.17) is 0 Å². The normalized spacial score (nSPS) is 12.3. The third-order valence-corrected chi connectivity index (χ3v) is 5.41. The van der Waals surface area contributed by atoms with Gasteiger partial charge in [-0.3, -0.25) is 4.68 Å². The van der Waals surface area contributed by atoms with Crippen molar-refractivity contribution < 1.29 is 8.42 Å². The van der Waals surface area contributed by atoms with Crippen molar-refractivity contribution in [1.82, 2.24) is 9.78 Å². The standard InChI is InChI=1S/C22H26N2O2S/c1-16-13-21(24(23-16)15-22(2,3)4)18-11-9-17(10-12-18)19-7-6-8-20(14-19)27(5,25)26/h6-14H,15H2,1-5H3. The molecule has 4 nitrogen and oxygen atoms in total. The third kappa shape index (κ3) is 4.66. The summed E-state index contributed by atoms with van der Waals surface area (Å²) in [5.41, 5.74) is 5.21. The van der Waals surface area contributed by atoms with Crippen molar-refractivity contribution in [2.45, 2.75) is 39.1 Å². The molecular formula is C22H26N2O2S. The Labute approximate surface area is 161 Å². The van der Waals surface area contributed by atoms with Gasteiger partial charge in [0.2, 0.25) is 0 Å². The van der Waals surface area contributed by atoms with Gasteiger partial charge in [-0.05, 0) is 47.2 Å². The molecule has 0 unspecified atom stereocenters. The summed E-state index contributed by atoms with van der Waals surface area (Å²) in [5.74, 6) is 0. The summed E-state index contributed by atoms with van der Waals surface area (Å²) in [6.07, 6.45) is 1.23. The van der Waals surface area contributed by atoms with Crippen LogP contribution in [0.2, 0.25) is 0 Å². The predicted molar refractivity (Wildman–Crippen MR) is 110 cm³/mol. The van der Waals surface area contributed by atoms with Crippen LogP contribution >= 0.6 is 0 Å². The quantitative estimate of drug-likeness (QED) is 0.640. The van der Waals surface area contributed by atoms with E-state index >= 15 is 0 Å². The number of rotatable bonds is 4. The lowest BCUT2D eigenvalue weighted by atomic mass is 9.96. The van der Waals surface area contributed by atoms with Crippen LogP contribution in [0.1, 0.15) is 26.5 Å². The summed E-state index contributed by atoms with van der Waals surface area (Å²) in [6.45, 7) is 9.45. The number of hydrogen-bond donors (Lipinski definition) is 0. The van der Waals surface area contributed by atoms with Crippen LogP contribution in [0.25, 0.3) is 22.4 Å². The van der Waals surface area contributed by atoms with Gasteiger partial charge in [-0.15, -0.1) is 0 Å².